The van der Waals surface area contributed by atoms with Gasteiger partial charge in [0.05, 0.1) is 0 Å². The van der Waals surface area contributed by atoms with Gasteiger partial charge >= 0.3 is 5.97 Å². The average Bonchev–Trinajstić information content (AvgIpc) is 2.90. The number of aliphatic carboxylic acids is 1. The van der Waals surface area contributed by atoms with Crippen molar-refractivity contribution >= 4 is 11.9 Å². The van der Waals surface area contributed by atoms with Crippen molar-refractivity contribution in [3.05, 3.63) is 0 Å². The van der Waals surface area contributed by atoms with Crippen LogP contribution in [0.2, 0.25) is 0 Å². The van der Waals surface area contributed by atoms with Crippen molar-refractivity contribution in [2.24, 2.45) is 5.92 Å². The van der Waals surface area contributed by atoms with Crippen LogP contribution in [0.4, 0.5) is 0 Å². The molecule has 2 N–H and O–H groups in total. The van der Waals surface area contributed by atoms with E-state index in [2.05, 4.69) is 5.32 Å². The zero-order chi connectivity index (χ0) is 13.7. The summed E-state index contributed by atoms with van der Waals surface area (Å²) in [5, 5.41) is 12.2. The molecule has 1 aliphatic carbocycles. The average molecular weight is 269 g/mol. The molecular weight excluding hydrogens is 246 g/mol. The Hall–Kier alpha value is -1.10. The van der Waals surface area contributed by atoms with Gasteiger partial charge in [0.15, 0.2) is 0 Å². The van der Waals surface area contributed by atoms with Crippen molar-refractivity contribution in [2.45, 2.75) is 56.9 Å². The van der Waals surface area contributed by atoms with E-state index in [4.69, 9.17) is 4.74 Å². The lowest BCUT2D eigenvalue weighted by atomic mass is 9.81. The number of carboxylic acid groups (broad SMARTS) is 1. The van der Waals surface area contributed by atoms with Crippen molar-refractivity contribution in [2.75, 3.05) is 13.2 Å². The molecule has 2 aliphatic rings. The molecule has 5 nitrogen and oxygen atoms in total. The van der Waals surface area contributed by atoms with Crippen LogP contribution in [0.15, 0.2) is 0 Å². The number of hydrogen-bond acceptors (Lipinski definition) is 3. The molecule has 0 radical (unpaired) electrons. The molecule has 0 aromatic heterocycles. The molecule has 2 fully saturated rings. The third-order valence-electron chi connectivity index (χ3n) is 4.30. The van der Waals surface area contributed by atoms with Gasteiger partial charge in [0, 0.05) is 19.6 Å². The SMILES string of the molecule is O=C(CCC1CCOC1)NC1(C(=O)O)CCCCC1. The largest absolute Gasteiger partial charge is 0.480 e. The molecule has 108 valence electrons. The summed E-state index contributed by atoms with van der Waals surface area (Å²) in [6, 6.07) is 0. The van der Waals surface area contributed by atoms with Crippen molar-refractivity contribution in [3.8, 4) is 0 Å². The molecule has 1 saturated carbocycles. The summed E-state index contributed by atoms with van der Waals surface area (Å²) >= 11 is 0. The van der Waals surface area contributed by atoms with Crippen LogP contribution < -0.4 is 5.32 Å². The first kappa shape index (κ1) is 14.3. The van der Waals surface area contributed by atoms with Gasteiger partial charge in [-0.1, -0.05) is 19.3 Å². The molecule has 1 unspecified atom stereocenters. The predicted octanol–water partition coefficient (Wildman–Crippen LogP) is 1.71. The minimum absolute atomic E-state index is 0.129. The fourth-order valence-electron chi connectivity index (χ4n) is 3.02. The monoisotopic (exact) mass is 269 g/mol. The fraction of sp³-hybridized carbons (Fsp3) is 0.857. The fourth-order valence-corrected chi connectivity index (χ4v) is 3.02. The van der Waals surface area contributed by atoms with Crippen molar-refractivity contribution in [1.82, 2.24) is 5.32 Å². The van der Waals surface area contributed by atoms with Crippen LogP contribution in [0.1, 0.15) is 51.4 Å². The Morgan fingerprint density at radius 1 is 1.26 bits per heavy atom. The van der Waals surface area contributed by atoms with E-state index < -0.39 is 11.5 Å². The molecule has 0 aromatic rings. The lowest BCUT2D eigenvalue weighted by Crippen LogP contribution is -2.55. The summed E-state index contributed by atoms with van der Waals surface area (Å²) in [7, 11) is 0. The zero-order valence-electron chi connectivity index (χ0n) is 11.3. The number of carbonyl (C=O) groups excluding carboxylic acids is 1. The third-order valence-corrected chi connectivity index (χ3v) is 4.30. The van der Waals surface area contributed by atoms with Crippen LogP contribution >= 0.6 is 0 Å². The molecule has 2 rings (SSSR count). The second kappa shape index (κ2) is 6.37. The van der Waals surface area contributed by atoms with Crippen LogP contribution in [-0.2, 0) is 14.3 Å². The molecule has 0 aromatic carbocycles. The minimum Gasteiger partial charge on any atom is -0.480 e. The molecule has 0 spiro atoms. The summed E-state index contributed by atoms with van der Waals surface area (Å²) in [5.74, 6) is -0.557. The Balaban J connectivity index is 1.82. The van der Waals surface area contributed by atoms with E-state index in [-0.39, 0.29) is 5.91 Å². The number of hydrogen-bond donors (Lipinski definition) is 2. The normalized spacial score (nSPS) is 26.0. The Kier molecular flexibility index (Phi) is 4.80. The first-order valence-corrected chi connectivity index (χ1v) is 7.24. The first-order valence-electron chi connectivity index (χ1n) is 7.24. The second-order valence-corrected chi connectivity index (χ2v) is 5.76. The molecule has 1 heterocycles. The molecule has 1 aliphatic heterocycles. The molecule has 1 saturated heterocycles. The highest BCUT2D eigenvalue weighted by Crippen LogP contribution is 2.29. The first-order chi connectivity index (χ1) is 9.12. The molecule has 5 heteroatoms. The number of carbonyl (C=O) groups is 2. The van der Waals surface area contributed by atoms with Crippen LogP contribution in [0.3, 0.4) is 0 Å². The highest BCUT2D eigenvalue weighted by atomic mass is 16.5. The summed E-state index contributed by atoms with van der Waals surface area (Å²) in [6.07, 6.45) is 6.14. The summed E-state index contributed by atoms with van der Waals surface area (Å²) in [5.41, 5.74) is -1.01. The molecule has 1 amide bonds. The topological polar surface area (TPSA) is 75.6 Å². The van der Waals surface area contributed by atoms with Gasteiger partial charge in [-0.05, 0) is 31.6 Å². The Morgan fingerprint density at radius 2 is 2.00 bits per heavy atom. The van der Waals surface area contributed by atoms with E-state index in [0.29, 0.717) is 25.2 Å². The molecule has 1 atom stereocenters. The molecular formula is C14H23NO4. The Morgan fingerprint density at radius 3 is 2.58 bits per heavy atom. The smallest absolute Gasteiger partial charge is 0.329 e. The lowest BCUT2D eigenvalue weighted by Gasteiger charge is -2.34. The van der Waals surface area contributed by atoms with E-state index in [1.54, 1.807) is 0 Å². The van der Waals surface area contributed by atoms with Gasteiger partial charge in [-0.2, -0.15) is 0 Å². The van der Waals surface area contributed by atoms with Crippen LogP contribution in [0.25, 0.3) is 0 Å². The van der Waals surface area contributed by atoms with E-state index in [1.165, 1.54) is 0 Å². The predicted molar refractivity (Wildman–Crippen MR) is 69.8 cm³/mol. The molecule has 19 heavy (non-hydrogen) atoms. The highest BCUT2D eigenvalue weighted by molar-refractivity contribution is 5.87. The lowest BCUT2D eigenvalue weighted by molar-refractivity contribution is -0.149. The summed E-state index contributed by atoms with van der Waals surface area (Å²) in [6.45, 7) is 1.52. The van der Waals surface area contributed by atoms with E-state index in [1.807, 2.05) is 0 Å². The molecule has 0 bridgehead atoms. The van der Waals surface area contributed by atoms with Gasteiger partial charge in [0.25, 0.3) is 0 Å². The third kappa shape index (κ3) is 3.69. The standard InChI is InChI=1S/C14H23NO4/c16-12(5-4-11-6-9-19-10-11)15-14(13(17)18)7-2-1-3-8-14/h11H,1-10H2,(H,15,16)(H,17,18). The quantitative estimate of drug-likeness (QED) is 0.796. The van der Waals surface area contributed by atoms with E-state index in [0.717, 1.165) is 45.3 Å². The maximum atomic E-state index is 12.0. The van der Waals surface area contributed by atoms with Crippen LogP contribution in [0.5, 0.6) is 0 Å². The summed E-state index contributed by atoms with van der Waals surface area (Å²) in [4.78, 5) is 23.4. The maximum Gasteiger partial charge on any atom is 0.329 e. The highest BCUT2D eigenvalue weighted by Gasteiger charge is 2.40. The number of ether oxygens (including phenoxy) is 1. The van der Waals surface area contributed by atoms with Crippen LogP contribution in [0, 0.1) is 5.92 Å². The van der Waals surface area contributed by atoms with Gasteiger partial charge in [0.2, 0.25) is 5.91 Å². The van der Waals surface area contributed by atoms with Gasteiger partial charge in [-0.3, -0.25) is 4.79 Å². The number of amides is 1. The minimum atomic E-state index is -1.01. The Labute approximate surface area is 113 Å². The number of nitrogens with one attached hydrogen (secondary N) is 1. The van der Waals surface area contributed by atoms with Crippen molar-refractivity contribution < 1.29 is 19.4 Å². The van der Waals surface area contributed by atoms with Gasteiger partial charge in [-0.15, -0.1) is 0 Å². The van der Waals surface area contributed by atoms with Gasteiger partial charge < -0.3 is 15.2 Å². The van der Waals surface area contributed by atoms with Gasteiger partial charge in [0.1, 0.15) is 5.54 Å². The van der Waals surface area contributed by atoms with Crippen LogP contribution in [-0.4, -0.2) is 35.7 Å². The van der Waals surface area contributed by atoms with E-state index in [9.17, 15) is 14.7 Å². The second-order valence-electron chi connectivity index (χ2n) is 5.76. The van der Waals surface area contributed by atoms with Crippen molar-refractivity contribution in [3.63, 3.8) is 0 Å². The van der Waals surface area contributed by atoms with Crippen molar-refractivity contribution in [1.29, 1.82) is 0 Å². The van der Waals surface area contributed by atoms with E-state index >= 15 is 0 Å². The summed E-state index contributed by atoms with van der Waals surface area (Å²) < 4.78 is 5.27. The zero-order valence-corrected chi connectivity index (χ0v) is 11.3. The number of carboxylic acids is 1. The number of rotatable bonds is 5. The van der Waals surface area contributed by atoms with Gasteiger partial charge in [-0.25, -0.2) is 4.79 Å². The maximum absolute atomic E-state index is 12.0. The Bertz CT molecular complexity index is 330.